The molecule has 1 aromatic heterocycles. The van der Waals surface area contributed by atoms with E-state index in [9.17, 15) is 14.9 Å². The number of hydrogen-bond donors (Lipinski definition) is 0. The number of allylic oxidation sites excluding steroid dienone is 2. The lowest BCUT2D eigenvalue weighted by Gasteiger charge is -2.42. The van der Waals surface area contributed by atoms with Gasteiger partial charge in [-0.1, -0.05) is 44.2 Å². The summed E-state index contributed by atoms with van der Waals surface area (Å²) in [5, 5.41) is 10.7. The van der Waals surface area contributed by atoms with Crippen molar-refractivity contribution in [3.63, 3.8) is 0 Å². The Hall–Kier alpha value is -2.71. The molecular formula is C26H26N2O2S. The maximum absolute atomic E-state index is 13.6. The molecule has 0 radical (unpaired) electrons. The van der Waals surface area contributed by atoms with Crippen molar-refractivity contribution >= 4 is 28.0 Å². The Morgan fingerprint density at radius 1 is 1.10 bits per heavy atom. The van der Waals surface area contributed by atoms with Gasteiger partial charge in [-0.15, -0.1) is 11.3 Å². The van der Waals surface area contributed by atoms with Crippen LogP contribution in [0.3, 0.4) is 0 Å². The third-order valence-corrected chi connectivity index (χ3v) is 8.09. The minimum atomic E-state index is -0.212. The number of benzene rings is 1. The van der Waals surface area contributed by atoms with Gasteiger partial charge in [0.1, 0.15) is 11.1 Å². The van der Waals surface area contributed by atoms with Gasteiger partial charge in [-0.05, 0) is 48.6 Å². The molecule has 1 amide bonds. The zero-order chi connectivity index (χ0) is 21.8. The molecule has 31 heavy (non-hydrogen) atoms. The van der Waals surface area contributed by atoms with Gasteiger partial charge in [0.15, 0.2) is 5.78 Å². The fraction of sp³-hybridized carbons (Fsp3) is 0.423. The summed E-state index contributed by atoms with van der Waals surface area (Å²) >= 11 is 1.59. The van der Waals surface area contributed by atoms with Gasteiger partial charge < -0.3 is 0 Å². The van der Waals surface area contributed by atoms with E-state index >= 15 is 0 Å². The zero-order valence-electron chi connectivity index (χ0n) is 18.0. The van der Waals surface area contributed by atoms with E-state index < -0.39 is 0 Å². The van der Waals surface area contributed by atoms with Crippen LogP contribution in [0.15, 0.2) is 41.6 Å². The summed E-state index contributed by atoms with van der Waals surface area (Å²) in [7, 11) is 0. The van der Waals surface area contributed by atoms with E-state index in [2.05, 4.69) is 19.9 Å². The van der Waals surface area contributed by atoms with Gasteiger partial charge in [-0.2, -0.15) is 5.26 Å². The maximum atomic E-state index is 13.6. The lowest BCUT2D eigenvalue weighted by atomic mass is 9.69. The second-order valence-electron chi connectivity index (χ2n) is 9.70. The number of nitriles is 1. The first-order chi connectivity index (χ1) is 14.9. The molecule has 1 unspecified atom stereocenters. The predicted molar refractivity (Wildman–Crippen MR) is 122 cm³/mol. The first-order valence-corrected chi connectivity index (χ1v) is 11.9. The van der Waals surface area contributed by atoms with Crippen LogP contribution >= 0.6 is 11.3 Å². The monoisotopic (exact) mass is 430 g/mol. The normalized spacial score (nSPS) is 22.7. The molecule has 0 bridgehead atoms. The average Bonchev–Trinajstić information content (AvgIpc) is 3.10. The fourth-order valence-electron chi connectivity index (χ4n) is 5.45. The number of thiophene rings is 1. The highest BCUT2D eigenvalue weighted by Crippen LogP contribution is 2.51. The van der Waals surface area contributed by atoms with Crippen molar-refractivity contribution in [2.45, 2.75) is 64.7 Å². The Labute approximate surface area is 187 Å². The highest BCUT2D eigenvalue weighted by Gasteiger charge is 2.45. The van der Waals surface area contributed by atoms with Crippen LogP contribution in [0.4, 0.5) is 5.00 Å². The lowest BCUT2D eigenvalue weighted by Crippen LogP contribution is -2.43. The van der Waals surface area contributed by atoms with E-state index in [1.807, 2.05) is 30.3 Å². The van der Waals surface area contributed by atoms with Gasteiger partial charge in [0.25, 0.3) is 0 Å². The number of nitrogens with zero attached hydrogens (tertiary/aromatic N) is 2. The Morgan fingerprint density at radius 2 is 1.84 bits per heavy atom. The Morgan fingerprint density at radius 3 is 2.58 bits per heavy atom. The van der Waals surface area contributed by atoms with Crippen molar-refractivity contribution in [1.82, 2.24) is 0 Å². The third-order valence-electron chi connectivity index (χ3n) is 6.81. The van der Waals surface area contributed by atoms with E-state index in [0.29, 0.717) is 18.4 Å². The van der Waals surface area contributed by atoms with Crippen LogP contribution in [-0.4, -0.2) is 11.7 Å². The predicted octanol–water partition coefficient (Wildman–Crippen LogP) is 5.66. The second-order valence-corrected chi connectivity index (χ2v) is 10.8. The molecule has 2 aliphatic carbocycles. The van der Waals surface area contributed by atoms with Gasteiger partial charge in [-0.3, -0.25) is 14.5 Å². The van der Waals surface area contributed by atoms with E-state index in [1.165, 1.54) is 4.88 Å². The molecule has 0 saturated heterocycles. The Balaban J connectivity index is 1.71. The number of fused-ring (bicyclic) bond motifs is 1. The molecule has 0 N–H and O–H groups in total. The smallest absolute Gasteiger partial charge is 0.232 e. The molecule has 158 valence electrons. The van der Waals surface area contributed by atoms with Gasteiger partial charge >= 0.3 is 0 Å². The average molecular weight is 431 g/mol. The first kappa shape index (κ1) is 20.2. The van der Waals surface area contributed by atoms with Crippen molar-refractivity contribution in [1.29, 1.82) is 5.26 Å². The molecule has 1 atom stereocenters. The number of carbonyl (C=O) groups excluding carboxylic acids is 2. The first-order valence-electron chi connectivity index (χ1n) is 11.1. The highest BCUT2D eigenvalue weighted by molar-refractivity contribution is 7.16. The number of hydrogen-bond acceptors (Lipinski definition) is 4. The van der Waals surface area contributed by atoms with Crippen molar-refractivity contribution in [3.8, 4) is 6.07 Å². The molecule has 3 aliphatic rings. The molecule has 5 heteroatoms. The fourth-order valence-corrected chi connectivity index (χ4v) is 6.83. The van der Waals surface area contributed by atoms with Gasteiger partial charge in [0, 0.05) is 34.9 Å². The molecule has 5 rings (SSSR count). The summed E-state index contributed by atoms with van der Waals surface area (Å²) in [6.45, 7) is 4.18. The van der Waals surface area contributed by atoms with E-state index in [0.717, 1.165) is 53.1 Å². The molecule has 2 heterocycles. The highest BCUT2D eigenvalue weighted by atomic mass is 32.1. The van der Waals surface area contributed by atoms with Gasteiger partial charge in [0.2, 0.25) is 5.91 Å². The van der Waals surface area contributed by atoms with Crippen LogP contribution in [0, 0.1) is 16.7 Å². The molecule has 0 saturated carbocycles. The summed E-state index contributed by atoms with van der Waals surface area (Å²) in [6.07, 6.45) is 5.50. The van der Waals surface area contributed by atoms with Crippen molar-refractivity contribution in [2.24, 2.45) is 5.41 Å². The summed E-state index contributed by atoms with van der Waals surface area (Å²) in [5.74, 6) is -0.0747. The number of rotatable bonds is 2. The number of carbonyl (C=O) groups is 2. The number of anilines is 1. The van der Waals surface area contributed by atoms with Crippen LogP contribution in [-0.2, 0) is 22.4 Å². The van der Waals surface area contributed by atoms with Crippen LogP contribution in [0.25, 0.3) is 0 Å². The number of ketones is 1. The number of aryl methyl sites for hydroxylation is 1. The summed E-state index contributed by atoms with van der Waals surface area (Å²) < 4.78 is 0. The van der Waals surface area contributed by atoms with Crippen molar-refractivity contribution in [3.05, 3.63) is 63.2 Å². The van der Waals surface area contributed by atoms with Gasteiger partial charge in [-0.25, -0.2) is 0 Å². The van der Waals surface area contributed by atoms with E-state index in [1.54, 1.807) is 16.2 Å². The van der Waals surface area contributed by atoms with Crippen molar-refractivity contribution in [2.75, 3.05) is 4.90 Å². The van der Waals surface area contributed by atoms with E-state index in [-0.39, 0.29) is 29.4 Å². The van der Waals surface area contributed by atoms with E-state index in [4.69, 9.17) is 0 Å². The molecule has 0 spiro atoms. The summed E-state index contributed by atoms with van der Waals surface area (Å²) in [5.41, 5.74) is 4.17. The Kier molecular flexibility index (Phi) is 4.86. The van der Waals surface area contributed by atoms with Crippen LogP contribution in [0.2, 0.25) is 0 Å². The lowest BCUT2D eigenvalue weighted by molar-refractivity contribution is -0.120. The van der Waals surface area contributed by atoms with Crippen LogP contribution < -0.4 is 4.90 Å². The molecule has 1 aromatic carbocycles. The SMILES string of the molecule is CC1(C)CC(=O)C2=C(C1)N(c1sc3c(c1C#N)CCCC3)C(=O)CC2c1ccccc1. The Bertz CT molecular complexity index is 1150. The van der Waals surface area contributed by atoms with Gasteiger partial charge in [0.05, 0.1) is 5.56 Å². The summed E-state index contributed by atoms with van der Waals surface area (Å²) in [4.78, 5) is 30.0. The molecule has 0 fully saturated rings. The molecule has 4 nitrogen and oxygen atoms in total. The number of amides is 1. The largest absolute Gasteiger partial charge is 0.294 e. The minimum absolute atomic E-state index is 0.00630. The maximum Gasteiger partial charge on any atom is 0.232 e. The third kappa shape index (κ3) is 3.34. The van der Waals surface area contributed by atoms with Crippen LogP contribution in [0.5, 0.6) is 0 Å². The molecular weight excluding hydrogens is 404 g/mol. The quantitative estimate of drug-likeness (QED) is 0.617. The molecule has 2 aromatic rings. The van der Waals surface area contributed by atoms with Crippen LogP contribution in [0.1, 0.15) is 73.4 Å². The second kappa shape index (κ2) is 7.46. The zero-order valence-corrected chi connectivity index (χ0v) is 18.8. The standard InChI is InChI=1S/C26H26N2O2S/c1-26(2)13-20-24(21(29)14-26)18(16-8-4-3-5-9-16)12-23(30)28(20)25-19(15-27)17-10-6-7-11-22(17)31-25/h3-5,8-9,18H,6-7,10-14H2,1-2H3. The summed E-state index contributed by atoms with van der Waals surface area (Å²) in [6, 6.07) is 12.3. The van der Waals surface area contributed by atoms with Crippen molar-refractivity contribution < 1.29 is 9.59 Å². The minimum Gasteiger partial charge on any atom is -0.294 e. The number of Topliss-reactive ketones (excluding diaryl/α,β-unsaturated/α-hetero) is 1. The topological polar surface area (TPSA) is 61.2 Å². The molecule has 1 aliphatic heterocycles.